The van der Waals surface area contributed by atoms with Gasteiger partial charge in [0.25, 0.3) is 0 Å². The number of thiophene rings is 1. The minimum absolute atomic E-state index is 1.31. The molecule has 41 heavy (non-hydrogen) atoms. The summed E-state index contributed by atoms with van der Waals surface area (Å²) in [5.74, 6) is 0. The summed E-state index contributed by atoms with van der Waals surface area (Å²) in [4.78, 5) is 0. The van der Waals surface area contributed by atoms with E-state index in [0.717, 1.165) is 0 Å². The van der Waals surface area contributed by atoms with Gasteiger partial charge in [-0.15, -0.1) is 0 Å². The van der Waals surface area contributed by atoms with Crippen LogP contribution >= 0.6 is 11.3 Å². The maximum Gasteiger partial charge on any atom is 0.0902 e. The van der Waals surface area contributed by atoms with E-state index >= 15 is 0 Å². The van der Waals surface area contributed by atoms with Crippen LogP contribution in [0.15, 0.2) is 131 Å². The first-order chi connectivity index (χ1) is 20.4. The molecule has 0 spiro atoms. The summed E-state index contributed by atoms with van der Waals surface area (Å²) in [5.41, 5.74) is 1.32. The molecule has 0 saturated carbocycles. The Morgan fingerprint density at radius 1 is 0.366 bits per heavy atom. The number of rotatable bonds is 0. The van der Waals surface area contributed by atoms with Crippen molar-refractivity contribution >= 4 is 22.1 Å². The summed E-state index contributed by atoms with van der Waals surface area (Å²) in [6, 6.07) is 34.7. The van der Waals surface area contributed by atoms with Crippen molar-refractivity contribution in [3.8, 4) is 0 Å². The molecule has 0 aliphatic carbocycles. The average Bonchev–Trinajstić information content (AvgIpc) is 3.89. The average molecular weight is 583 g/mol. The lowest BCUT2D eigenvalue weighted by Gasteiger charge is -1.92. The van der Waals surface area contributed by atoms with E-state index in [1.165, 1.54) is 16.3 Å². The van der Waals surface area contributed by atoms with Gasteiger partial charge in [-0.25, -0.2) is 0 Å². The van der Waals surface area contributed by atoms with Gasteiger partial charge in [0.1, 0.15) is 0 Å². The van der Waals surface area contributed by atoms with Gasteiger partial charge in [0.05, 0.1) is 12.5 Å². The molecule has 5 aromatic rings. The Hall–Kier alpha value is -3.10. The molecule has 2 heterocycles. The number of hydrogen-bond donors (Lipinski definition) is 0. The van der Waals surface area contributed by atoms with E-state index in [1.54, 1.807) is 23.9 Å². The van der Waals surface area contributed by atoms with E-state index in [-0.39, 0.29) is 0 Å². The molecule has 0 saturated heterocycles. The molecule has 0 atom stereocenters. The van der Waals surface area contributed by atoms with Crippen LogP contribution in [0, 0.1) is 6.92 Å². The van der Waals surface area contributed by atoms with E-state index in [4.69, 9.17) is 0 Å². The van der Waals surface area contributed by atoms with Gasteiger partial charge in [-0.3, -0.25) is 0 Å². The van der Waals surface area contributed by atoms with Crippen LogP contribution in [0.25, 0.3) is 10.8 Å². The molecule has 1 nitrogen and oxygen atoms in total. The summed E-state index contributed by atoms with van der Waals surface area (Å²) in [6.07, 6.45) is 3.25. The topological polar surface area (TPSA) is 13.1 Å². The summed E-state index contributed by atoms with van der Waals surface area (Å²) in [7, 11) is 0. The van der Waals surface area contributed by atoms with Crippen LogP contribution in [0.5, 0.6) is 0 Å². The molecule has 0 unspecified atom stereocenters. The predicted octanol–water partition coefficient (Wildman–Crippen LogP) is 15.0. The SMILES string of the molecule is CC.CC.CC.CC.CC.CC.CC.Cc1ccccc1.c1ccc2ccccc2c1.c1ccoc1.c1ccsc1. The smallest absolute Gasteiger partial charge is 0.0902 e. The Balaban J connectivity index is -0.0000000891. The summed E-state index contributed by atoms with van der Waals surface area (Å²) in [5, 5.41) is 6.70. The molecule has 0 N–H and O–H groups in total. The van der Waals surface area contributed by atoms with Crippen LogP contribution in [0.4, 0.5) is 0 Å². The zero-order chi connectivity index (χ0) is 33.0. The van der Waals surface area contributed by atoms with Gasteiger partial charge in [-0.2, -0.15) is 11.3 Å². The molecule has 0 bridgehead atoms. The molecule has 3 aromatic carbocycles. The molecule has 2 aromatic heterocycles. The second-order valence-corrected chi connectivity index (χ2v) is 6.40. The summed E-state index contributed by atoms with van der Waals surface area (Å²) in [6.45, 7) is 30.1. The van der Waals surface area contributed by atoms with E-state index in [0.29, 0.717) is 0 Å². The first kappa shape index (κ1) is 50.7. The minimum atomic E-state index is 1.31. The lowest BCUT2D eigenvalue weighted by molar-refractivity contribution is 0.567. The van der Waals surface area contributed by atoms with Crippen LogP contribution < -0.4 is 0 Å². The zero-order valence-corrected chi connectivity index (χ0v) is 30.3. The number of fused-ring (bicyclic) bond motifs is 1. The number of benzene rings is 3. The Morgan fingerprint density at radius 2 is 0.659 bits per heavy atom. The van der Waals surface area contributed by atoms with Crippen LogP contribution in [0.1, 0.15) is 102 Å². The Bertz CT molecular complexity index is 802. The third-order valence-electron chi connectivity index (χ3n) is 3.45. The Morgan fingerprint density at radius 3 is 0.829 bits per heavy atom. The number of aryl methyl sites for hydroxylation is 1. The lowest BCUT2D eigenvalue weighted by atomic mass is 10.1. The van der Waals surface area contributed by atoms with E-state index in [9.17, 15) is 0 Å². The summed E-state index contributed by atoms with van der Waals surface area (Å²) < 4.78 is 4.58. The number of hydrogen-bond acceptors (Lipinski definition) is 2. The molecular weight excluding hydrogens is 516 g/mol. The maximum absolute atomic E-state index is 4.58. The van der Waals surface area contributed by atoms with Crippen molar-refractivity contribution in [1.29, 1.82) is 0 Å². The van der Waals surface area contributed by atoms with Gasteiger partial charge >= 0.3 is 0 Å². The van der Waals surface area contributed by atoms with E-state index in [1.807, 2.05) is 150 Å². The first-order valence-corrected chi connectivity index (χ1v) is 16.7. The molecule has 5 rings (SSSR count). The van der Waals surface area contributed by atoms with Gasteiger partial charge in [0.15, 0.2) is 0 Å². The first-order valence-electron chi connectivity index (χ1n) is 15.8. The van der Waals surface area contributed by atoms with Gasteiger partial charge in [-0.1, -0.05) is 193 Å². The van der Waals surface area contributed by atoms with Gasteiger partial charge < -0.3 is 4.42 Å². The fourth-order valence-electron chi connectivity index (χ4n) is 2.12. The maximum atomic E-state index is 4.58. The molecule has 0 amide bonds. The quantitative estimate of drug-likeness (QED) is 0.177. The second-order valence-electron chi connectivity index (χ2n) is 5.59. The molecule has 0 radical (unpaired) electrons. The molecule has 0 fully saturated rings. The fourth-order valence-corrected chi connectivity index (χ4v) is 2.57. The Labute approximate surface area is 261 Å². The molecule has 0 aliphatic rings. The third-order valence-corrected chi connectivity index (χ3v) is 4.08. The van der Waals surface area contributed by atoms with Crippen molar-refractivity contribution in [2.24, 2.45) is 0 Å². The molecule has 234 valence electrons. The van der Waals surface area contributed by atoms with Gasteiger partial charge in [0, 0.05) is 0 Å². The minimum Gasteiger partial charge on any atom is -0.473 e. The third kappa shape index (κ3) is 41.5. The summed E-state index contributed by atoms with van der Waals surface area (Å²) >= 11 is 1.71. The highest BCUT2D eigenvalue weighted by Gasteiger charge is 1.85. The van der Waals surface area contributed by atoms with Gasteiger partial charge in [0.2, 0.25) is 0 Å². The van der Waals surface area contributed by atoms with Crippen molar-refractivity contribution < 1.29 is 4.42 Å². The highest BCUT2D eigenvalue weighted by Crippen LogP contribution is 2.11. The largest absolute Gasteiger partial charge is 0.473 e. The second kappa shape index (κ2) is 56.9. The predicted molar refractivity (Wildman–Crippen MR) is 198 cm³/mol. The fraction of sp³-hybridized carbons (Fsp3) is 0.385. The van der Waals surface area contributed by atoms with Crippen LogP contribution in [0.3, 0.4) is 0 Å². The van der Waals surface area contributed by atoms with E-state index in [2.05, 4.69) is 72.0 Å². The van der Waals surface area contributed by atoms with Crippen LogP contribution in [0.2, 0.25) is 0 Å². The van der Waals surface area contributed by atoms with Crippen molar-refractivity contribution in [1.82, 2.24) is 0 Å². The van der Waals surface area contributed by atoms with Crippen molar-refractivity contribution in [2.75, 3.05) is 0 Å². The normalized spacial score (nSPS) is 6.90. The Kier molecular flexibility index (Phi) is 70.4. The van der Waals surface area contributed by atoms with Crippen LogP contribution in [-0.2, 0) is 0 Å². The standard InChI is InChI=1S/C10H8.C7H8.C4H4O.C4H4S.7C2H6/c1-2-6-10-8-4-3-7-9(10)5-1;1-7-5-3-2-4-6-7;2*1-2-4-5-3-1;7*1-2/h1-8H;2-6H,1H3;2*1-4H;7*1-2H3. The van der Waals surface area contributed by atoms with Crippen molar-refractivity contribution in [3.63, 3.8) is 0 Å². The van der Waals surface area contributed by atoms with Gasteiger partial charge in [-0.05, 0) is 40.6 Å². The van der Waals surface area contributed by atoms with Crippen molar-refractivity contribution in [2.45, 2.75) is 104 Å². The van der Waals surface area contributed by atoms with E-state index < -0.39 is 0 Å². The molecule has 0 aliphatic heterocycles. The lowest BCUT2D eigenvalue weighted by Crippen LogP contribution is -1.67. The van der Waals surface area contributed by atoms with Crippen LogP contribution in [-0.4, -0.2) is 0 Å². The highest BCUT2D eigenvalue weighted by molar-refractivity contribution is 7.07. The molecular formula is C39H66OS. The molecule has 2 heteroatoms. The number of furan rings is 1. The highest BCUT2D eigenvalue weighted by atomic mass is 32.1. The monoisotopic (exact) mass is 582 g/mol. The zero-order valence-electron chi connectivity index (χ0n) is 29.4. The van der Waals surface area contributed by atoms with Crippen molar-refractivity contribution in [3.05, 3.63) is 132 Å².